The third-order valence-electron chi connectivity index (χ3n) is 6.83. The van der Waals surface area contributed by atoms with Gasteiger partial charge in [0.2, 0.25) is 5.95 Å². The van der Waals surface area contributed by atoms with Gasteiger partial charge in [-0.1, -0.05) is 12.1 Å². The van der Waals surface area contributed by atoms with Gasteiger partial charge in [-0.3, -0.25) is 4.57 Å². The number of hydrogen-bond donors (Lipinski definition) is 1. The van der Waals surface area contributed by atoms with Crippen LogP contribution in [0.3, 0.4) is 0 Å². The largest absolute Gasteiger partial charge is 0.612 e. The van der Waals surface area contributed by atoms with E-state index in [0.29, 0.717) is 22.8 Å². The van der Waals surface area contributed by atoms with E-state index in [9.17, 15) is 4.55 Å². The summed E-state index contributed by atoms with van der Waals surface area (Å²) in [5, 5.41) is 3.39. The molecule has 0 radical (unpaired) electrons. The summed E-state index contributed by atoms with van der Waals surface area (Å²) < 4.78 is 25.7. The summed E-state index contributed by atoms with van der Waals surface area (Å²) in [6.07, 6.45) is 6.46. The van der Waals surface area contributed by atoms with Crippen molar-refractivity contribution >= 4 is 39.7 Å². The minimum absolute atomic E-state index is 0.100. The predicted octanol–water partition coefficient (Wildman–Crippen LogP) is 4.51. The zero-order valence-corrected chi connectivity index (χ0v) is 21.6. The van der Waals surface area contributed by atoms with Crippen LogP contribution in [0.5, 0.6) is 0 Å². The summed E-state index contributed by atoms with van der Waals surface area (Å²) in [5.41, 5.74) is 5.02. The number of fused-ring (bicyclic) bond motifs is 1. The maximum atomic E-state index is 12.2. The lowest BCUT2D eigenvalue weighted by molar-refractivity contribution is -0.0298. The van der Waals surface area contributed by atoms with Crippen molar-refractivity contribution in [3.63, 3.8) is 0 Å². The van der Waals surface area contributed by atoms with E-state index in [1.54, 1.807) is 12.6 Å². The van der Waals surface area contributed by atoms with Crippen LogP contribution in [-0.2, 0) is 20.6 Å². The van der Waals surface area contributed by atoms with Gasteiger partial charge in [0.15, 0.2) is 10.5 Å². The number of ether oxygens (including phenoxy) is 2. The Balaban J connectivity index is 1.38. The summed E-state index contributed by atoms with van der Waals surface area (Å²) in [6, 6.07) is 15.9. The second-order valence-corrected chi connectivity index (χ2v) is 10.7. The van der Waals surface area contributed by atoms with Crippen molar-refractivity contribution in [2.75, 3.05) is 49.4 Å². The number of hydrogen-bond acceptors (Lipinski definition) is 8. The van der Waals surface area contributed by atoms with Crippen LogP contribution in [0.1, 0.15) is 25.5 Å². The van der Waals surface area contributed by atoms with Crippen LogP contribution >= 0.6 is 0 Å². The molecule has 10 heteroatoms. The number of morpholine rings is 1. The van der Waals surface area contributed by atoms with Crippen molar-refractivity contribution in [1.29, 1.82) is 0 Å². The van der Waals surface area contributed by atoms with Crippen LogP contribution in [0.4, 0.5) is 17.3 Å². The Kier molecular flexibility index (Phi) is 6.97. The summed E-state index contributed by atoms with van der Waals surface area (Å²) >= 11 is -1.10. The molecule has 0 amide bonds. The number of nitrogens with zero attached hydrogens (tertiary/aromatic N) is 5. The molecule has 0 bridgehead atoms. The third-order valence-corrected chi connectivity index (χ3v) is 7.74. The predicted molar refractivity (Wildman–Crippen MR) is 145 cm³/mol. The summed E-state index contributed by atoms with van der Waals surface area (Å²) in [4.78, 5) is 17.5. The number of rotatable bonds is 6. The first-order valence-electron chi connectivity index (χ1n) is 12.7. The Morgan fingerprint density at radius 1 is 1.03 bits per heavy atom. The van der Waals surface area contributed by atoms with Crippen molar-refractivity contribution in [1.82, 2.24) is 19.5 Å². The quantitative estimate of drug-likeness (QED) is 0.372. The average Bonchev–Trinajstić information content (AvgIpc) is 3.38. The van der Waals surface area contributed by atoms with Gasteiger partial charge in [0.25, 0.3) is 0 Å². The number of imidazole rings is 1. The Morgan fingerprint density at radius 3 is 2.62 bits per heavy atom. The van der Waals surface area contributed by atoms with Crippen LogP contribution in [-0.4, -0.2) is 63.2 Å². The van der Waals surface area contributed by atoms with Gasteiger partial charge in [0, 0.05) is 42.7 Å². The number of nitrogens with one attached hydrogen (secondary N) is 1. The maximum Gasteiger partial charge on any atom is 0.229 e. The van der Waals surface area contributed by atoms with Gasteiger partial charge in [-0.2, -0.15) is 4.98 Å². The number of anilines is 3. The van der Waals surface area contributed by atoms with Gasteiger partial charge in [0.1, 0.15) is 23.7 Å². The van der Waals surface area contributed by atoms with E-state index < -0.39 is 11.2 Å². The van der Waals surface area contributed by atoms with E-state index in [4.69, 9.17) is 24.4 Å². The monoisotopic (exact) mass is 518 g/mol. The highest BCUT2D eigenvalue weighted by Gasteiger charge is 2.22. The maximum absolute atomic E-state index is 12.2. The SMILES string of the molecule is C[S+]([O-])c1cccc(-c2nc(Nc3ccc(N4CCOCC4)cc3)nc3c2ncn3C2CCCCO2)c1. The Morgan fingerprint density at radius 2 is 1.86 bits per heavy atom. The molecule has 0 aliphatic carbocycles. The fourth-order valence-corrected chi connectivity index (χ4v) is 5.42. The standard InChI is InChI=1S/C27H30N6O3S/c1-37(34)22-6-4-5-19(17-22)24-25-26(33(18-28-25)23-7-2-3-14-36-23)31-27(30-24)29-20-8-10-21(11-9-20)32-12-15-35-16-13-32/h4-6,8-11,17-18,23H,2-3,7,12-16H2,1H3,(H,29,30,31). The zero-order chi connectivity index (χ0) is 25.2. The Labute approximate surface area is 219 Å². The molecule has 2 aliphatic rings. The lowest BCUT2D eigenvalue weighted by atomic mass is 10.1. The summed E-state index contributed by atoms with van der Waals surface area (Å²) in [5.74, 6) is 0.474. The molecule has 192 valence electrons. The molecule has 2 aromatic heterocycles. The lowest BCUT2D eigenvalue weighted by Gasteiger charge is -2.28. The van der Waals surface area contributed by atoms with Crippen molar-refractivity contribution in [2.45, 2.75) is 30.4 Å². The summed E-state index contributed by atoms with van der Waals surface area (Å²) in [7, 11) is 0. The van der Waals surface area contributed by atoms with Crippen LogP contribution in [0.15, 0.2) is 59.8 Å². The minimum atomic E-state index is -1.10. The van der Waals surface area contributed by atoms with Crippen molar-refractivity contribution < 1.29 is 14.0 Å². The van der Waals surface area contributed by atoms with E-state index in [0.717, 1.165) is 68.3 Å². The van der Waals surface area contributed by atoms with Crippen LogP contribution in [0, 0.1) is 0 Å². The van der Waals surface area contributed by atoms with E-state index in [2.05, 4.69) is 22.3 Å². The molecule has 37 heavy (non-hydrogen) atoms. The molecular formula is C27H30N6O3S. The molecule has 2 saturated heterocycles. The first-order valence-corrected chi connectivity index (χ1v) is 14.2. The van der Waals surface area contributed by atoms with Gasteiger partial charge < -0.3 is 24.2 Å². The number of benzene rings is 2. The smallest absolute Gasteiger partial charge is 0.229 e. The highest BCUT2D eigenvalue weighted by Crippen LogP contribution is 2.32. The van der Waals surface area contributed by atoms with Gasteiger partial charge in [-0.25, -0.2) is 9.97 Å². The van der Waals surface area contributed by atoms with E-state index >= 15 is 0 Å². The normalized spacial score (nSPS) is 19.2. The average molecular weight is 519 g/mol. The molecule has 2 aliphatic heterocycles. The first-order chi connectivity index (χ1) is 18.2. The molecule has 9 nitrogen and oxygen atoms in total. The van der Waals surface area contributed by atoms with Gasteiger partial charge in [-0.05, 0) is 60.8 Å². The molecule has 2 unspecified atom stereocenters. The molecule has 2 aromatic carbocycles. The minimum Gasteiger partial charge on any atom is -0.612 e. The van der Waals surface area contributed by atoms with Crippen molar-refractivity contribution in [3.8, 4) is 11.3 Å². The Hall–Kier alpha value is -3.18. The molecule has 0 saturated carbocycles. The molecule has 4 aromatic rings. The van der Waals surface area contributed by atoms with Crippen LogP contribution in [0.25, 0.3) is 22.4 Å². The lowest BCUT2D eigenvalue weighted by Crippen LogP contribution is -2.36. The molecule has 2 fully saturated rings. The first kappa shape index (κ1) is 24.2. The fourth-order valence-electron chi connectivity index (χ4n) is 4.86. The van der Waals surface area contributed by atoms with E-state index in [-0.39, 0.29) is 6.23 Å². The number of aromatic nitrogens is 4. The van der Waals surface area contributed by atoms with Crippen molar-refractivity contribution in [2.24, 2.45) is 0 Å². The van der Waals surface area contributed by atoms with Crippen LogP contribution < -0.4 is 10.2 Å². The highest BCUT2D eigenvalue weighted by molar-refractivity contribution is 7.90. The Bertz CT molecular complexity index is 1360. The molecule has 0 spiro atoms. The van der Waals surface area contributed by atoms with Crippen LogP contribution in [0.2, 0.25) is 0 Å². The zero-order valence-electron chi connectivity index (χ0n) is 20.8. The van der Waals surface area contributed by atoms with Gasteiger partial charge in [0.05, 0.1) is 19.5 Å². The molecule has 1 N–H and O–H groups in total. The highest BCUT2D eigenvalue weighted by atomic mass is 32.2. The fraction of sp³-hybridized carbons (Fsp3) is 0.370. The molecule has 2 atom stereocenters. The molecule has 4 heterocycles. The molecular weight excluding hydrogens is 488 g/mol. The topological polar surface area (TPSA) is 100 Å². The second-order valence-electron chi connectivity index (χ2n) is 9.29. The van der Waals surface area contributed by atoms with E-state index in [1.807, 2.05) is 41.0 Å². The summed E-state index contributed by atoms with van der Waals surface area (Å²) in [6.45, 7) is 4.02. The van der Waals surface area contributed by atoms with E-state index in [1.165, 1.54) is 5.69 Å². The third kappa shape index (κ3) is 5.15. The second kappa shape index (κ2) is 10.7. The molecule has 6 rings (SSSR count). The van der Waals surface area contributed by atoms with Gasteiger partial charge >= 0.3 is 0 Å². The van der Waals surface area contributed by atoms with Gasteiger partial charge in [-0.15, -0.1) is 0 Å². The van der Waals surface area contributed by atoms with Crippen molar-refractivity contribution in [3.05, 3.63) is 54.9 Å².